The van der Waals surface area contributed by atoms with Gasteiger partial charge in [-0.2, -0.15) is 0 Å². The Morgan fingerprint density at radius 3 is 2.90 bits per heavy atom. The van der Waals surface area contributed by atoms with Crippen LogP contribution < -0.4 is 10.1 Å². The van der Waals surface area contributed by atoms with Crippen molar-refractivity contribution >= 4 is 0 Å². The lowest BCUT2D eigenvalue weighted by Gasteiger charge is -2.41. The zero-order chi connectivity index (χ0) is 19.7. The van der Waals surface area contributed by atoms with Crippen LogP contribution in [-0.2, 0) is 4.74 Å². The summed E-state index contributed by atoms with van der Waals surface area (Å²) in [5.41, 5.74) is 3.17. The predicted octanol–water partition coefficient (Wildman–Crippen LogP) is 3.04. The summed E-state index contributed by atoms with van der Waals surface area (Å²) < 4.78 is 13.9. The number of nitrogens with zero attached hydrogens (tertiary/aromatic N) is 4. The van der Waals surface area contributed by atoms with Crippen LogP contribution in [0.15, 0.2) is 54.9 Å². The number of ether oxygens (including phenoxy) is 2. The number of rotatable bonds is 4. The molecule has 2 fully saturated rings. The maximum atomic E-state index is 6.58. The minimum atomic E-state index is -0.194. The Hall–Kier alpha value is -2.77. The molecule has 3 heterocycles. The van der Waals surface area contributed by atoms with Gasteiger partial charge in [-0.15, -0.1) is 5.10 Å². The van der Waals surface area contributed by atoms with Crippen molar-refractivity contribution in [3.63, 3.8) is 0 Å². The minimum Gasteiger partial charge on any atom is -0.496 e. The molecule has 2 aliphatic rings. The molecule has 3 aromatic rings. The Kier molecular flexibility index (Phi) is 4.77. The highest BCUT2D eigenvalue weighted by Gasteiger charge is 2.49. The second-order valence-corrected chi connectivity index (χ2v) is 7.86. The van der Waals surface area contributed by atoms with E-state index < -0.39 is 0 Å². The van der Waals surface area contributed by atoms with Gasteiger partial charge in [0.1, 0.15) is 12.1 Å². The standard InChI is InChI=1S/C22H25N5O2/c1-28-20-9-8-18(27-15-24-25-26-27)12-19(20)17-13-22(29-14-17)10-5-11-23-21(22)16-6-3-2-4-7-16/h2-4,6-9,12,15,17,21,23H,5,10-11,13-14H2,1H3/t17-,21+,22-/m1/s1. The summed E-state index contributed by atoms with van der Waals surface area (Å²) in [5, 5.41) is 15.2. The molecule has 0 aliphatic carbocycles. The third-order valence-electron chi connectivity index (χ3n) is 6.21. The highest BCUT2D eigenvalue weighted by atomic mass is 16.5. The minimum absolute atomic E-state index is 0.194. The van der Waals surface area contributed by atoms with E-state index in [1.165, 1.54) is 5.56 Å². The molecule has 2 aromatic carbocycles. The van der Waals surface area contributed by atoms with Crippen molar-refractivity contribution < 1.29 is 9.47 Å². The van der Waals surface area contributed by atoms with E-state index in [4.69, 9.17) is 9.47 Å². The van der Waals surface area contributed by atoms with Crippen LogP contribution in [0.2, 0.25) is 0 Å². The molecule has 29 heavy (non-hydrogen) atoms. The van der Waals surface area contributed by atoms with E-state index in [1.54, 1.807) is 18.1 Å². The van der Waals surface area contributed by atoms with Crippen LogP contribution in [0.5, 0.6) is 5.75 Å². The van der Waals surface area contributed by atoms with Crippen LogP contribution in [0.25, 0.3) is 5.69 Å². The molecule has 7 nitrogen and oxygen atoms in total. The van der Waals surface area contributed by atoms with Crippen molar-refractivity contribution in [1.29, 1.82) is 0 Å². The lowest BCUT2D eigenvalue weighted by Crippen LogP contribution is -2.48. The smallest absolute Gasteiger partial charge is 0.143 e. The molecule has 150 valence electrons. The molecular weight excluding hydrogens is 366 g/mol. The predicted molar refractivity (Wildman–Crippen MR) is 108 cm³/mol. The van der Waals surface area contributed by atoms with Gasteiger partial charge in [0.15, 0.2) is 0 Å². The van der Waals surface area contributed by atoms with E-state index in [0.717, 1.165) is 42.8 Å². The average Bonchev–Trinajstić information content (AvgIpc) is 3.45. The molecule has 0 unspecified atom stereocenters. The van der Waals surface area contributed by atoms with Gasteiger partial charge in [-0.25, -0.2) is 4.68 Å². The first kappa shape index (κ1) is 18.3. The third-order valence-corrected chi connectivity index (χ3v) is 6.21. The van der Waals surface area contributed by atoms with Crippen molar-refractivity contribution in [1.82, 2.24) is 25.5 Å². The Morgan fingerprint density at radius 1 is 1.21 bits per heavy atom. The normalized spacial score (nSPS) is 26.7. The molecule has 7 heteroatoms. The second-order valence-electron chi connectivity index (χ2n) is 7.86. The number of aromatic nitrogens is 4. The van der Waals surface area contributed by atoms with Crippen LogP contribution in [0, 0.1) is 0 Å². The molecule has 1 N–H and O–H groups in total. The number of benzene rings is 2. The van der Waals surface area contributed by atoms with Gasteiger partial charge < -0.3 is 14.8 Å². The van der Waals surface area contributed by atoms with Gasteiger partial charge in [-0.1, -0.05) is 30.3 Å². The molecule has 0 amide bonds. The second kappa shape index (κ2) is 7.57. The number of methoxy groups -OCH3 is 1. The van der Waals surface area contributed by atoms with Crippen molar-refractivity contribution in [2.24, 2.45) is 0 Å². The van der Waals surface area contributed by atoms with E-state index in [1.807, 2.05) is 12.1 Å². The molecule has 2 aliphatic heterocycles. The first-order valence-electron chi connectivity index (χ1n) is 10.1. The van der Waals surface area contributed by atoms with Crippen LogP contribution in [0.3, 0.4) is 0 Å². The van der Waals surface area contributed by atoms with Crippen molar-refractivity contribution in [2.75, 3.05) is 20.3 Å². The zero-order valence-corrected chi connectivity index (χ0v) is 16.5. The summed E-state index contributed by atoms with van der Waals surface area (Å²) in [5.74, 6) is 1.14. The summed E-state index contributed by atoms with van der Waals surface area (Å²) in [4.78, 5) is 0. The molecular formula is C22H25N5O2. The maximum Gasteiger partial charge on any atom is 0.143 e. The fourth-order valence-electron chi connectivity index (χ4n) is 4.87. The quantitative estimate of drug-likeness (QED) is 0.737. The largest absolute Gasteiger partial charge is 0.496 e. The zero-order valence-electron chi connectivity index (χ0n) is 16.5. The van der Waals surface area contributed by atoms with Gasteiger partial charge in [0.25, 0.3) is 0 Å². The Balaban J connectivity index is 1.47. The molecule has 0 saturated carbocycles. The number of tetrazole rings is 1. The van der Waals surface area contributed by atoms with Crippen molar-refractivity contribution in [3.05, 3.63) is 66.0 Å². The molecule has 2 saturated heterocycles. The van der Waals surface area contributed by atoms with Crippen LogP contribution >= 0.6 is 0 Å². The fourth-order valence-corrected chi connectivity index (χ4v) is 4.87. The summed E-state index contributed by atoms with van der Waals surface area (Å²) in [6.07, 6.45) is 4.74. The van der Waals surface area contributed by atoms with Crippen LogP contribution in [0.1, 0.15) is 42.3 Å². The van der Waals surface area contributed by atoms with Crippen LogP contribution in [0.4, 0.5) is 0 Å². The number of piperidine rings is 1. The van der Waals surface area contributed by atoms with Crippen molar-refractivity contribution in [2.45, 2.75) is 36.8 Å². The van der Waals surface area contributed by atoms with Crippen molar-refractivity contribution in [3.8, 4) is 11.4 Å². The highest BCUT2D eigenvalue weighted by Crippen LogP contribution is 2.49. The molecule has 0 radical (unpaired) electrons. The summed E-state index contributed by atoms with van der Waals surface area (Å²) in [7, 11) is 1.72. The van der Waals surface area contributed by atoms with Gasteiger partial charge in [0, 0.05) is 11.5 Å². The Labute approximate surface area is 170 Å². The molecule has 5 rings (SSSR count). The number of hydrogen-bond donors (Lipinski definition) is 1. The Morgan fingerprint density at radius 2 is 2.10 bits per heavy atom. The molecule has 1 spiro atoms. The van der Waals surface area contributed by atoms with E-state index in [0.29, 0.717) is 6.61 Å². The van der Waals surface area contributed by atoms with Gasteiger partial charge in [0.05, 0.1) is 31.0 Å². The number of hydrogen-bond acceptors (Lipinski definition) is 6. The van der Waals surface area contributed by atoms with E-state index >= 15 is 0 Å². The highest BCUT2D eigenvalue weighted by molar-refractivity contribution is 5.46. The number of nitrogens with one attached hydrogen (secondary N) is 1. The summed E-state index contributed by atoms with van der Waals surface area (Å²) in [6, 6.07) is 16.9. The Bertz CT molecular complexity index is 963. The average molecular weight is 391 g/mol. The maximum absolute atomic E-state index is 6.58. The van der Waals surface area contributed by atoms with E-state index in [-0.39, 0.29) is 17.6 Å². The van der Waals surface area contributed by atoms with Gasteiger partial charge in [0.2, 0.25) is 0 Å². The molecule has 1 aromatic heterocycles. The fraction of sp³-hybridized carbons (Fsp3) is 0.409. The van der Waals surface area contributed by atoms with Gasteiger partial charge in [-0.3, -0.25) is 0 Å². The summed E-state index contributed by atoms with van der Waals surface area (Å²) >= 11 is 0. The molecule has 3 atom stereocenters. The third kappa shape index (κ3) is 3.30. The SMILES string of the molecule is COc1ccc(-n2cnnn2)cc1[C@H]1CO[C@]2(CCCN[C@H]2c2ccccc2)C1. The monoisotopic (exact) mass is 391 g/mol. The summed E-state index contributed by atoms with van der Waals surface area (Å²) in [6.45, 7) is 1.70. The van der Waals surface area contributed by atoms with Gasteiger partial charge >= 0.3 is 0 Å². The lowest BCUT2D eigenvalue weighted by molar-refractivity contribution is -0.0484. The van der Waals surface area contributed by atoms with E-state index in [2.05, 4.69) is 57.2 Å². The molecule has 0 bridgehead atoms. The first-order valence-corrected chi connectivity index (χ1v) is 10.1. The topological polar surface area (TPSA) is 74.1 Å². The lowest BCUT2D eigenvalue weighted by atomic mass is 9.77. The van der Waals surface area contributed by atoms with Gasteiger partial charge in [-0.05, 0) is 60.0 Å². The first-order chi connectivity index (χ1) is 14.3. The van der Waals surface area contributed by atoms with E-state index in [9.17, 15) is 0 Å². The van der Waals surface area contributed by atoms with Crippen LogP contribution in [-0.4, -0.2) is 46.1 Å².